The van der Waals surface area contributed by atoms with Crippen LogP contribution >= 0.6 is 0 Å². The number of hydrogen-bond acceptors (Lipinski definition) is 4. The molecule has 0 amide bonds. The smallest absolute Gasteiger partial charge is 0.152 e. The largest absolute Gasteiger partial charge is 0.329 e. The third-order valence-electron chi connectivity index (χ3n) is 5.60. The molecule has 2 unspecified atom stereocenters. The molecule has 2 N–H and O–H groups in total. The Labute approximate surface area is 116 Å². The zero-order valence-corrected chi connectivity index (χ0v) is 12.5. The highest BCUT2D eigenvalue weighted by Gasteiger charge is 2.50. The van der Waals surface area contributed by atoms with Crippen molar-refractivity contribution in [2.24, 2.45) is 11.7 Å². The molecule has 19 heavy (non-hydrogen) atoms. The molecule has 2 saturated heterocycles. The molecule has 0 aromatic heterocycles. The van der Waals surface area contributed by atoms with Gasteiger partial charge in [0, 0.05) is 18.1 Å². The van der Waals surface area contributed by atoms with Crippen LogP contribution in [0, 0.1) is 5.92 Å². The van der Waals surface area contributed by atoms with Crippen LogP contribution in [0.5, 0.6) is 0 Å². The Balaban J connectivity index is 1.82. The molecule has 0 radical (unpaired) electrons. The zero-order chi connectivity index (χ0) is 13.5. The number of nitrogens with zero attached hydrogens (tertiary/aromatic N) is 1. The van der Waals surface area contributed by atoms with Gasteiger partial charge in [0.2, 0.25) is 0 Å². The van der Waals surface area contributed by atoms with Gasteiger partial charge in [-0.05, 0) is 44.6 Å². The van der Waals surface area contributed by atoms with E-state index in [1.54, 1.807) is 0 Å². The summed E-state index contributed by atoms with van der Waals surface area (Å²) in [5, 5.41) is 0. The molecular weight excluding hydrogens is 260 g/mol. The first-order valence-corrected chi connectivity index (χ1v) is 9.56. The molecule has 3 rings (SSSR count). The first-order chi connectivity index (χ1) is 9.06. The van der Waals surface area contributed by atoms with E-state index in [9.17, 15) is 8.42 Å². The zero-order valence-electron chi connectivity index (χ0n) is 11.7. The molecule has 2 heterocycles. The summed E-state index contributed by atoms with van der Waals surface area (Å²) < 4.78 is 23.8. The Hall–Kier alpha value is -0.130. The molecule has 1 saturated carbocycles. The van der Waals surface area contributed by atoms with Crippen molar-refractivity contribution >= 4 is 9.84 Å². The minimum atomic E-state index is -2.87. The Morgan fingerprint density at radius 3 is 2.47 bits per heavy atom. The minimum Gasteiger partial charge on any atom is -0.329 e. The third kappa shape index (κ3) is 2.45. The molecule has 0 aromatic carbocycles. The van der Waals surface area contributed by atoms with E-state index in [1.165, 1.54) is 38.5 Å². The molecule has 2 atom stereocenters. The molecule has 4 nitrogen and oxygen atoms in total. The maximum atomic E-state index is 11.9. The average molecular weight is 286 g/mol. The summed E-state index contributed by atoms with van der Waals surface area (Å²) in [4.78, 5) is 2.51. The number of rotatable bonds is 3. The molecule has 2 aliphatic heterocycles. The first kappa shape index (κ1) is 13.8. The third-order valence-corrected chi connectivity index (χ3v) is 7.40. The van der Waals surface area contributed by atoms with Crippen LogP contribution in [0.1, 0.15) is 44.9 Å². The number of hydrogen-bond donors (Lipinski definition) is 1. The van der Waals surface area contributed by atoms with Gasteiger partial charge in [0.05, 0.1) is 11.5 Å². The molecule has 110 valence electrons. The second-order valence-corrected chi connectivity index (χ2v) is 8.90. The lowest BCUT2D eigenvalue weighted by molar-refractivity contribution is 0.0718. The maximum absolute atomic E-state index is 11.9. The van der Waals surface area contributed by atoms with E-state index in [0.29, 0.717) is 24.1 Å². The fourth-order valence-corrected chi connectivity index (χ4v) is 6.70. The van der Waals surface area contributed by atoms with E-state index < -0.39 is 9.84 Å². The summed E-state index contributed by atoms with van der Waals surface area (Å²) in [6.07, 6.45) is 8.56. The molecule has 0 bridgehead atoms. The van der Waals surface area contributed by atoms with Crippen molar-refractivity contribution in [2.75, 3.05) is 24.6 Å². The summed E-state index contributed by atoms with van der Waals surface area (Å²) in [5.41, 5.74) is 5.78. The Kier molecular flexibility index (Phi) is 3.65. The predicted molar refractivity (Wildman–Crippen MR) is 76.7 cm³/mol. The van der Waals surface area contributed by atoms with Crippen LogP contribution in [0.2, 0.25) is 0 Å². The fraction of sp³-hybridized carbons (Fsp3) is 1.00. The topological polar surface area (TPSA) is 63.4 Å². The Morgan fingerprint density at radius 1 is 1.16 bits per heavy atom. The van der Waals surface area contributed by atoms with Crippen LogP contribution in [-0.4, -0.2) is 49.5 Å². The van der Waals surface area contributed by atoms with Crippen molar-refractivity contribution in [1.82, 2.24) is 4.90 Å². The summed E-state index contributed by atoms with van der Waals surface area (Å²) in [5.74, 6) is 1.41. The normalized spacial score (nSPS) is 40.2. The van der Waals surface area contributed by atoms with Crippen LogP contribution in [-0.2, 0) is 9.84 Å². The molecular formula is C14H26N2O2S. The summed E-state index contributed by atoms with van der Waals surface area (Å²) in [7, 11) is -2.87. The predicted octanol–water partition coefficient (Wildman–Crippen LogP) is 1.16. The van der Waals surface area contributed by atoms with Gasteiger partial charge in [-0.15, -0.1) is 0 Å². The van der Waals surface area contributed by atoms with Gasteiger partial charge in [0.25, 0.3) is 0 Å². The van der Waals surface area contributed by atoms with E-state index in [-0.39, 0.29) is 5.54 Å². The van der Waals surface area contributed by atoms with Crippen molar-refractivity contribution in [1.29, 1.82) is 0 Å². The van der Waals surface area contributed by atoms with Gasteiger partial charge in [-0.25, -0.2) is 8.42 Å². The second kappa shape index (κ2) is 5.01. The lowest BCUT2D eigenvalue weighted by Crippen LogP contribution is -2.57. The lowest BCUT2D eigenvalue weighted by Gasteiger charge is -2.43. The monoisotopic (exact) mass is 286 g/mol. The number of likely N-dealkylation sites (tertiary alicyclic amines) is 1. The van der Waals surface area contributed by atoms with E-state index in [4.69, 9.17) is 5.73 Å². The van der Waals surface area contributed by atoms with Gasteiger partial charge in [-0.1, -0.05) is 12.8 Å². The highest BCUT2D eigenvalue weighted by molar-refractivity contribution is 7.91. The van der Waals surface area contributed by atoms with Crippen molar-refractivity contribution < 1.29 is 8.42 Å². The van der Waals surface area contributed by atoms with Crippen molar-refractivity contribution in [3.05, 3.63) is 0 Å². The Morgan fingerprint density at radius 2 is 1.89 bits per heavy atom. The summed E-state index contributed by atoms with van der Waals surface area (Å²) >= 11 is 0. The molecule has 0 spiro atoms. The van der Waals surface area contributed by atoms with Crippen molar-refractivity contribution in [3.8, 4) is 0 Å². The van der Waals surface area contributed by atoms with E-state index in [2.05, 4.69) is 4.90 Å². The van der Waals surface area contributed by atoms with Gasteiger partial charge in [0.15, 0.2) is 9.84 Å². The van der Waals surface area contributed by atoms with E-state index >= 15 is 0 Å². The molecule has 1 aliphatic carbocycles. The molecule has 5 heteroatoms. The summed E-state index contributed by atoms with van der Waals surface area (Å²) in [6.45, 7) is 1.54. The maximum Gasteiger partial charge on any atom is 0.152 e. The first-order valence-electron chi connectivity index (χ1n) is 7.74. The van der Waals surface area contributed by atoms with Gasteiger partial charge in [0.1, 0.15) is 0 Å². The molecule has 3 fully saturated rings. The van der Waals surface area contributed by atoms with Crippen LogP contribution < -0.4 is 5.73 Å². The minimum absolute atomic E-state index is 0.247. The van der Waals surface area contributed by atoms with Gasteiger partial charge >= 0.3 is 0 Å². The fourth-order valence-electron chi connectivity index (χ4n) is 4.62. The Bertz CT molecular complexity index is 431. The molecule has 0 aromatic rings. The van der Waals surface area contributed by atoms with Crippen LogP contribution in [0.3, 0.4) is 0 Å². The van der Waals surface area contributed by atoms with E-state index in [0.717, 1.165) is 18.9 Å². The van der Waals surface area contributed by atoms with Gasteiger partial charge in [-0.2, -0.15) is 0 Å². The van der Waals surface area contributed by atoms with E-state index in [1.807, 2.05) is 0 Å². The summed E-state index contributed by atoms with van der Waals surface area (Å²) in [6, 6.07) is 0.597. The van der Waals surface area contributed by atoms with Crippen LogP contribution in [0.25, 0.3) is 0 Å². The number of sulfone groups is 1. The van der Waals surface area contributed by atoms with Gasteiger partial charge in [-0.3, -0.25) is 4.90 Å². The lowest BCUT2D eigenvalue weighted by atomic mass is 9.90. The quantitative estimate of drug-likeness (QED) is 0.845. The van der Waals surface area contributed by atoms with Gasteiger partial charge < -0.3 is 5.73 Å². The van der Waals surface area contributed by atoms with Crippen LogP contribution in [0.4, 0.5) is 0 Å². The van der Waals surface area contributed by atoms with Crippen molar-refractivity contribution in [2.45, 2.75) is 56.5 Å². The SMILES string of the molecule is NCC1(N2CCCC2C2CCCC2)CCS(=O)(=O)C1. The number of nitrogens with two attached hydrogens (primary N) is 1. The molecule has 3 aliphatic rings. The van der Waals surface area contributed by atoms with Crippen LogP contribution in [0.15, 0.2) is 0 Å². The highest BCUT2D eigenvalue weighted by Crippen LogP contribution is 2.41. The highest BCUT2D eigenvalue weighted by atomic mass is 32.2. The van der Waals surface area contributed by atoms with Crippen molar-refractivity contribution in [3.63, 3.8) is 0 Å². The second-order valence-electron chi connectivity index (χ2n) is 6.72. The average Bonchev–Trinajstić information content (AvgIpc) is 3.06. The standard InChI is InChI=1S/C14H26N2O2S/c15-10-14(7-9-19(17,18)11-14)16-8-3-6-13(16)12-4-1-2-5-12/h12-13H,1-11,15H2.